The summed E-state index contributed by atoms with van der Waals surface area (Å²) in [6.45, 7) is 14.3. The van der Waals surface area contributed by atoms with Crippen LogP contribution in [0.25, 0.3) is 0 Å². The van der Waals surface area contributed by atoms with Gasteiger partial charge in [0.25, 0.3) is 6.10 Å². The van der Waals surface area contributed by atoms with Crippen LogP contribution >= 0.6 is 0 Å². The van der Waals surface area contributed by atoms with E-state index in [1.54, 1.807) is 0 Å². The van der Waals surface area contributed by atoms with Gasteiger partial charge in [0.05, 0.1) is 0 Å². The van der Waals surface area contributed by atoms with Crippen LogP contribution in [0.5, 0.6) is 0 Å². The van der Waals surface area contributed by atoms with Gasteiger partial charge in [0.15, 0.2) is 0 Å². The number of hydrogen-bond acceptors (Lipinski definition) is 2. The maximum atomic E-state index is 12.0. The van der Waals surface area contributed by atoms with Crippen molar-refractivity contribution < 1.29 is 35.9 Å². The van der Waals surface area contributed by atoms with Crippen molar-refractivity contribution in [2.24, 2.45) is 0 Å². The van der Waals surface area contributed by atoms with E-state index in [1.807, 2.05) is 6.08 Å². The lowest BCUT2D eigenvalue weighted by atomic mass is 10.3. The Kier molecular flexibility index (Phi) is 14.6. The van der Waals surface area contributed by atoms with Gasteiger partial charge in [-0.25, -0.2) is 4.79 Å². The van der Waals surface area contributed by atoms with Gasteiger partial charge in [-0.15, -0.1) is 19.7 Å². The zero-order valence-electron chi connectivity index (χ0n) is 13.4. The molecule has 0 aliphatic rings. The van der Waals surface area contributed by atoms with Crippen LogP contribution in [0.2, 0.25) is 0 Å². The predicted octanol–water partition coefficient (Wildman–Crippen LogP) is 5.34. The molecule has 0 atom stereocenters. The Morgan fingerprint density at radius 2 is 1.35 bits per heavy atom. The number of alkyl halides is 6. The van der Waals surface area contributed by atoms with Gasteiger partial charge in [-0.1, -0.05) is 13.0 Å². The molecule has 9 heteroatoms. The number of allylic oxidation sites excluding steroid dienone is 1. The molecule has 0 saturated heterocycles. The van der Waals surface area contributed by atoms with E-state index in [1.165, 1.54) is 13.8 Å². The molecule has 0 rings (SSSR count). The number of hydrogen-bond donors (Lipinski definition) is 0. The Morgan fingerprint density at radius 3 is 1.52 bits per heavy atom. The highest BCUT2D eigenvalue weighted by atomic mass is 19.4. The maximum absolute atomic E-state index is 12.0. The molecule has 0 aromatic heterocycles. The number of carbonyl (C=O) groups excluding carboxylic acids is 1. The molecule has 138 valence electrons. The van der Waals surface area contributed by atoms with Crippen LogP contribution in [0, 0.1) is 0 Å². The molecule has 0 aliphatic carbocycles. The average Bonchev–Trinajstić information content (AvgIpc) is 2.46. The third-order valence-corrected chi connectivity index (χ3v) is 2.12. The Balaban J connectivity index is -0.000000574. The van der Waals surface area contributed by atoms with Crippen molar-refractivity contribution in [1.29, 1.82) is 0 Å². The fraction of sp³-hybridized carbons (Fsp3) is 0.643. The van der Waals surface area contributed by atoms with Crippen molar-refractivity contribution in [1.82, 2.24) is 4.90 Å². The summed E-state index contributed by atoms with van der Waals surface area (Å²) in [4.78, 5) is 11.7. The van der Waals surface area contributed by atoms with Gasteiger partial charge < -0.3 is 9.64 Å². The summed E-state index contributed by atoms with van der Waals surface area (Å²) in [5.41, 5.74) is 0. The van der Waals surface area contributed by atoms with Crippen LogP contribution in [0.4, 0.5) is 31.1 Å². The highest BCUT2D eigenvalue weighted by Gasteiger charge is 2.60. The summed E-state index contributed by atoms with van der Waals surface area (Å²) < 4.78 is 75.7. The van der Waals surface area contributed by atoms with Gasteiger partial charge in [-0.3, -0.25) is 0 Å². The second-order valence-corrected chi connectivity index (χ2v) is 3.72. The lowest BCUT2D eigenvalue weighted by molar-refractivity contribution is -0.308. The minimum Gasteiger partial charge on any atom is -0.426 e. The Morgan fingerprint density at radius 1 is 1.04 bits per heavy atom. The largest absolute Gasteiger partial charge is 0.434 e. The van der Waals surface area contributed by atoms with Gasteiger partial charge in [0.2, 0.25) is 0 Å². The molecule has 0 aliphatic heterocycles. The lowest BCUT2D eigenvalue weighted by Gasteiger charge is -2.26. The van der Waals surface area contributed by atoms with Crippen molar-refractivity contribution in [3.63, 3.8) is 0 Å². The third-order valence-electron chi connectivity index (χ3n) is 2.12. The monoisotopic (exact) mass is 351 g/mol. The van der Waals surface area contributed by atoms with Crippen LogP contribution in [0.3, 0.4) is 0 Å². The van der Waals surface area contributed by atoms with E-state index in [4.69, 9.17) is 0 Å². The molecule has 3 nitrogen and oxygen atoms in total. The molecule has 0 fully saturated rings. The molecule has 0 heterocycles. The molecule has 0 saturated carbocycles. The molecule has 0 radical (unpaired) electrons. The summed E-state index contributed by atoms with van der Waals surface area (Å²) in [6, 6.07) is 0. The molecule has 0 spiro atoms. The summed E-state index contributed by atoms with van der Waals surface area (Å²) >= 11 is 0. The van der Waals surface area contributed by atoms with Crippen molar-refractivity contribution >= 4 is 6.09 Å². The van der Waals surface area contributed by atoms with Gasteiger partial charge in [-0.05, 0) is 20.3 Å². The van der Waals surface area contributed by atoms with Crippen LogP contribution in [0.1, 0.15) is 27.2 Å². The number of ether oxygens (including phenoxy) is 1. The number of carbonyl (C=O) groups is 1. The lowest BCUT2D eigenvalue weighted by Crippen LogP contribution is -2.48. The van der Waals surface area contributed by atoms with E-state index in [-0.39, 0.29) is 13.1 Å². The quantitative estimate of drug-likeness (QED) is 0.505. The first-order chi connectivity index (χ1) is 10.4. The highest BCUT2D eigenvalue weighted by molar-refractivity contribution is 5.67. The molecule has 0 N–H and O–H groups in total. The van der Waals surface area contributed by atoms with E-state index in [2.05, 4.69) is 31.4 Å². The molecular weight excluding hydrogens is 328 g/mol. The van der Waals surface area contributed by atoms with Gasteiger partial charge >= 0.3 is 18.4 Å². The SMILES string of the molecule is C=C.C=CCC.CCN(CC)C(=O)OC(C(F)(F)F)C(F)(F)F. The third kappa shape index (κ3) is 12.5. The smallest absolute Gasteiger partial charge is 0.426 e. The molecule has 1 amide bonds. The fourth-order valence-electron chi connectivity index (χ4n) is 0.976. The Labute approximate surface area is 132 Å². The maximum Gasteiger partial charge on any atom is 0.434 e. The average molecular weight is 351 g/mol. The second kappa shape index (κ2) is 12.8. The highest BCUT2D eigenvalue weighted by Crippen LogP contribution is 2.35. The normalized spacial score (nSPS) is 10.7. The Bertz CT molecular complexity index is 310. The first-order valence-electron chi connectivity index (χ1n) is 6.65. The van der Waals surface area contributed by atoms with E-state index in [9.17, 15) is 31.1 Å². The molecular formula is C14H23F6NO2. The Hall–Kier alpha value is -1.67. The summed E-state index contributed by atoms with van der Waals surface area (Å²) in [7, 11) is 0. The topological polar surface area (TPSA) is 29.5 Å². The molecule has 23 heavy (non-hydrogen) atoms. The first kappa shape index (κ1) is 26.2. The van der Waals surface area contributed by atoms with Crippen LogP contribution in [0.15, 0.2) is 25.8 Å². The standard InChI is InChI=1S/C8H11F6NO2.C4H8.C2H4/c1-3-15(4-2)6(16)17-5(7(9,10)11)8(12,13)14;1-3-4-2;1-2/h5H,3-4H2,1-2H3;3H,1,4H2,2H3;1-2H2. The van der Waals surface area contributed by atoms with Crippen LogP contribution in [-0.4, -0.2) is 42.5 Å². The summed E-state index contributed by atoms with van der Waals surface area (Å²) in [5, 5.41) is 0. The second-order valence-electron chi connectivity index (χ2n) is 3.72. The van der Waals surface area contributed by atoms with Gasteiger partial charge in [0.1, 0.15) is 0 Å². The number of halogens is 6. The first-order valence-corrected chi connectivity index (χ1v) is 6.65. The van der Waals surface area contributed by atoms with Gasteiger partial charge in [0, 0.05) is 13.1 Å². The van der Waals surface area contributed by atoms with Crippen molar-refractivity contribution in [2.45, 2.75) is 45.6 Å². The zero-order chi connectivity index (χ0) is 19.3. The van der Waals surface area contributed by atoms with Crippen LogP contribution in [-0.2, 0) is 4.74 Å². The van der Waals surface area contributed by atoms with Crippen molar-refractivity contribution in [2.75, 3.05) is 13.1 Å². The van der Waals surface area contributed by atoms with E-state index < -0.39 is 24.5 Å². The van der Waals surface area contributed by atoms with Crippen LogP contribution < -0.4 is 0 Å². The molecule has 0 aromatic carbocycles. The van der Waals surface area contributed by atoms with Gasteiger partial charge in [-0.2, -0.15) is 26.3 Å². The number of amides is 1. The molecule has 0 bridgehead atoms. The molecule has 0 unspecified atom stereocenters. The molecule has 0 aromatic rings. The zero-order valence-corrected chi connectivity index (χ0v) is 13.4. The number of nitrogens with zero attached hydrogens (tertiary/aromatic N) is 1. The van der Waals surface area contributed by atoms with Crippen molar-refractivity contribution in [3.8, 4) is 0 Å². The minimum absolute atomic E-state index is 0.0439. The van der Waals surface area contributed by atoms with Crippen molar-refractivity contribution in [3.05, 3.63) is 25.8 Å². The number of rotatable bonds is 4. The van der Waals surface area contributed by atoms with E-state index >= 15 is 0 Å². The fourth-order valence-corrected chi connectivity index (χ4v) is 0.976. The minimum atomic E-state index is -5.68. The predicted molar refractivity (Wildman–Crippen MR) is 77.0 cm³/mol. The van der Waals surface area contributed by atoms with E-state index in [0.29, 0.717) is 4.90 Å². The summed E-state index contributed by atoms with van der Waals surface area (Å²) in [5.74, 6) is 0. The summed E-state index contributed by atoms with van der Waals surface area (Å²) in [6.07, 6.45) is -14.1. The van der Waals surface area contributed by atoms with E-state index in [0.717, 1.165) is 6.42 Å².